The van der Waals surface area contributed by atoms with E-state index in [2.05, 4.69) is 44.3 Å². The number of carbonyl (C=O) groups excluding carboxylic acids is 1. The van der Waals surface area contributed by atoms with Crippen LogP contribution in [0.5, 0.6) is 5.75 Å². The number of allylic oxidation sites excluding steroid dienone is 2. The molecule has 2 heterocycles. The highest BCUT2D eigenvalue weighted by Gasteiger charge is 2.41. The third-order valence-electron chi connectivity index (χ3n) is 6.02. The lowest BCUT2D eigenvalue weighted by molar-refractivity contribution is -0.118. The lowest BCUT2D eigenvalue weighted by Crippen LogP contribution is -2.36. The molecule has 3 aromatic rings. The Morgan fingerprint density at radius 2 is 1.94 bits per heavy atom. The van der Waals surface area contributed by atoms with E-state index in [1.54, 1.807) is 7.11 Å². The molecule has 0 bridgehead atoms. The fourth-order valence-electron chi connectivity index (χ4n) is 4.64. The SMILES string of the molecule is COc1cccc(-c2nc3n(n2)C(c2cccc(C)c2)C2=C(CC(C)(C)CC2=O)N3)c1. The van der Waals surface area contributed by atoms with Crippen LogP contribution in [-0.2, 0) is 4.79 Å². The number of nitrogens with one attached hydrogen (secondary N) is 1. The molecule has 0 saturated carbocycles. The van der Waals surface area contributed by atoms with Gasteiger partial charge in [-0.3, -0.25) is 4.79 Å². The monoisotopic (exact) mass is 414 g/mol. The molecule has 0 saturated heterocycles. The average molecular weight is 415 g/mol. The molecular formula is C25H26N4O2. The summed E-state index contributed by atoms with van der Waals surface area (Å²) in [6.45, 7) is 6.34. The zero-order valence-corrected chi connectivity index (χ0v) is 18.3. The summed E-state index contributed by atoms with van der Waals surface area (Å²) in [4.78, 5) is 18.1. The maximum atomic E-state index is 13.3. The molecule has 1 N–H and O–H groups in total. The van der Waals surface area contributed by atoms with Crippen molar-refractivity contribution in [3.8, 4) is 17.1 Å². The highest BCUT2D eigenvalue weighted by molar-refractivity contribution is 6.00. The van der Waals surface area contributed by atoms with Crippen LogP contribution in [0.3, 0.4) is 0 Å². The molecule has 0 amide bonds. The summed E-state index contributed by atoms with van der Waals surface area (Å²) >= 11 is 0. The maximum absolute atomic E-state index is 13.3. The number of ketones is 1. The summed E-state index contributed by atoms with van der Waals surface area (Å²) in [6.07, 6.45) is 1.33. The Balaban J connectivity index is 1.68. The van der Waals surface area contributed by atoms with Gasteiger partial charge in [0, 0.05) is 23.3 Å². The first-order chi connectivity index (χ1) is 14.8. The molecule has 0 radical (unpaired) electrons. The second-order valence-electron chi connectivity index (χ2n) is 9.21. The second kappa shape index (κ2) is 7.08. The molecule has 1 unspecified atom stereocenters. The van der Waals surface area contributed by atoms with Gasteiger partial charge in [0.25, 0.3) is 0 Å². The van der Waals surface area contributed by atoms with Crippen molar-refractivity contribution in [1.82, 2.24) is 14.8 Å². The van der Waals surface area contributed by atoms with Gasteiger partial charge in [-0.15, -0.1) is 5.10 Å². The molecular weight excluding hydrogens is 388 g/mol. The van der Waals surface area contributed by atoms with Gasteiger partial charge in [0.05, 0.1) is 7.11 Å². The molecule has 2 aromatic carbocycles. The quantitative estimate of drug-likeness (QED) is 0.659. The minimum Gasteiger partial charge on any atom is -0.497 e. The number of fused-ring (bicyclic) bond motifs is 1. The zero-order valence-electron chi connectivity index (χ0n) is 18.3. The minimum atomic E-state index is -0.290. The number of hydrogen-bond acceptors (Lipinski definition) is 5. The van der Waals surface area contributed by atoms with Crippen LogP contribution < -0.4 is 10.1 Å². The lowest BCUT2D eigenvalue weighted by atomic mass is 9.73. The molecule has 1 atom stereocenters. The van der Waals surface area contributed by atoms with Crippen LogP contribution in [-0.4, -0.2) is 27.7 Å². The number of Topliss-reactive ketones (excluding diaryl/α,β-unsaturated/α-hetero) is 1. The molecule has 0 fully saturated rings. The van der Waals surface area contributed by atoms with Crippen molar-refractivity contribution >= 4 is 11.7 Å². The van der Waals surface area contributed by atoms with E-state index in [4.69, 9.17) is 14.8 Å². The van der Waals surface area contributed by atoms with Crippen LogP contribution in [0.25, 0.3) is 11.4 Å². The smallest absolute Gasteiger partial charge is 0.226 e. The third-order valence-corrected chi connectivity index (χ3v) is 6.02. The predicted octanol–water partition coefficient (Wildman–Crippen LogP) is 4.92. The number of rotatable bonds is 3. The van der Waals surface area contributed by atoms with E-state index in [9.17, 15) is 4.79 Å². The number of ether oxygens (including phenoxy) is 1. The summed E-state index contributed by atoms with van der Waals surface area (Å²) in [7, 11) is 1.64. The van der Waals surface area contributed by atoms with Gasteiger partial charge in [0.15, 0.2) is 11.6 Å². The molecule has 158 valence electrons. The molecule has 1 aromatic heterocycles. The highest BCUT2D eigenvalue weighted by atomic mass is 16.5. The van der Waals surface area contributed by atoms with E-state index >= 15 is 0 Å². The van der Waals surface area contributed by atoms with Crippen LogP contribution in [0.2, 0.25) is 0 Å². The minimum absolute atomic E-state index is 0.0854. The van der Waals surface area contributed by atoms with Crippen molar-refractivity contribution in [2.75, 3.05) is 12.4 Å². The van der Waals surface area contributed by atoms with E-state index in [-0.39, 0.29) is 17.2 Å². The van der Waals surface area contributed by atoms with Crippen molar-refractivity contribution in [2.45, 2.75) is 39.7 Å². The average Bonchev–Trinajstić information content (AvgIpc) is 3.15. The Hall–Kier alpha value is -3.41. The summed E-state index contributed by atoms with van der Waals surface area (Å²) in [5.74, 6) is 2.19. The molecule has 1 aliphatic carbocycles. The molecule has 0 spiro atoms. The van der Waals surface area contributed by atoms with Gasteiger partial charge < -0.3 is 10.1 Å². The number of aromatic nitrogens is 3. The zero-order chi connectivity index (χ0) is 21.8. The first-order valence-corrected chi connectivity index (χ1v) is 10.6. The normalized spacial score (nSPS) is 19.5. The van der Waals surface area contributed by atoms with Gasteiger partial charge >= 0.3 is 0 Å². The molecule has 31 heavy (non-hydrogen) atoms. The van der Waals surface area contributed by atoms with Crippen LogP contribution in [0.1, 0.15) is 43.9 Å². The molecule has 6 heteroatoms. The van der Waals surface area contributed by atoms with Crippen molar-refractivity contribution < 1.29 is 9.53 Å². The number of methoxy groups -OCH3 is 1. The van der Waals surface area contributed by atoms with E-state index in [1.165, 1.54) is 0 Å². The first kappa shape index (κ1) is 19.5. The third kappa shape index (κ3) is 3.42. The summed E-state index contributed by atoms with van der Waals surface area (Å²) in [5.41, 5.74) is 4.75. The first-order valence-electron chi connectivity index (χ1n) is 10.6. The lowest BCUT2D eigenvalue weighted by Gasteiger charge is -2.38. The summed E-state index contributed by atoms with van der Waals surface area (Å²) < 4.78 is 7.23. The van der Waals surface area contributed by atoms with Gasteiger partial charge in [-0.2, -0.15) is 4.98 Å². The van der Waals surface area contributed by atoms with Crippen molar-refractivity contribution in [3.63, 3.8) is 0 Å². The number of benzene rings is 2. The Labute approximate surface area is 182 Å². The van der Waals surface area contributed by atoms with Crippen molar-refractivity contribution in [1.29, 1.82) is 0 Å². The van der Waals surface area contributed by atoms with Crippen molar-refractivity contribution in [3.05, 3.63) is 70.9 Å². The van der Waals surface area contributed by atoms with E-state index in [1.807, 2.05) is 35.0 Å². The Morgan fingerprint density at radius 1 is 1.13 bits per heavy atom. The maximum Gasteiger partial charge on any atom is 0.226 e. The second-order valence-corrected chi connectivity index (χ2v) is 9.21. The van der Waals surface area contributed by atoms with E-state index in [0.29, 0.717) is 18.2 Å². The van der Waals surface area contributed by atoms with Gasteiger partial charge in [-0.05, 0) is 36.5 Å². The standard InChI is InChI=1S/C25H26N4O2/c1-15-7-5-8-16(11-15)22-21-19(13-25(2,3)14-20(21)30)26-24-27-23(28-29(22)24)17-9-6-10-18(12-17)31-4/h5-12,22H,13-14H2,1-4H3,(H,26,27,28). The van der Waals surface area contributed by atoms with Crippen LogP contribution in [0.4, 0.5) is 5.95 Å². The summed E-state index contributed by atoms with van der Waals surface area (Å²) in [5, 5.41) is 8.28. The molecule has 6 nitrogen and oxygen atoms in total. The number of hydrogen-bond donors (Lipinski definition) is 1. The molecule has 2 aliphatic rings. The van der Waals surface area contributed by atoms with E-state index < -0.39 is 0 Å². The number of anilines is 1. The topological polar surface area (TPSA) is 69.0 Å². The van der Waals surface area contributed by atoms with Crippen molar-refractivity contribution in [2.24, 2.45) is 5.41 Å². The largest absolute Gasteiger partial charge is 0.497 e. The van der Waals surface area contributed by atoms with Crippen LogP contribution in [0, 0.1) is 12.3 Å². The number of carbonyl (C=O) groups is 1. The van der Waals surface area contributed by atoms with Gasteiger partial charge in [0.2, 0.25) is 5.95 Å². The van der Waals surface area contributed by atoms with E-state index in [0.717, 1.165) is 40.1 Å². The fraction of sp³-hybridized carbons (Fsp3) is 0.320. The fourth-order valence-corrected chi connectivity index (χ4v) is 4.64. The molecule has 1 aliphatic heterocycles. The molecule has 5 rings (SSSR count). The Kier molecular flexibility index (Phi) is 4.46. The van der Waals surface area contributed by atoms with Crippen LogP contribution >= 0.6 is 0 Å². The van der Waals surface area contributed by atoms with Crippen LogP contribution in [0.15, 0.2) is 59.8 Å². The number of nitrogens with zero attached hydrogens (tertiary/aromatic N) is 3. The Morgan fingerprint density at radius 3 is 2.71 bits per heavy atom. The van der Waals surface area contributed by atoms with Gasteiger partial charge in [-0.25, -0.2) is 4.68 Å². The highest BCUT2D eigenvalue weighted by Crippen LogP contribution is 2.45. The number of aryl methyl sites for hydroxylation is 1. The Bertz CT molecular complexity index is 1220. The summed E-state index contributed by atoms with van der Waals surface area (Å²) in [6, 6.07) is 15.7. The predicted molar refractivity (Wildman–Crippen MR) is 120 cm³/mol. The van der Waals surface area contributed by atoms with Gasteiger partial charge in [0.1, 0.15) is 11.8 Å². The van der Waals surface area contributed by atoms with Gasteiger partial charge in [-0.1, -0.05) is 55.8 Å².